The van der Waals surface area contributed by atoms with Crippen molar-refractivity contribution in [2.45, 2.75) is 6.92 Å². The molecular formula is C19H20N8O. The zero-order valence-corrected chi connectivity index (χ0v) is 15.5. The lowest BCUT2D eigenvalue weighted by molar-refractivity contribution is 0.0958. The molecule has 0 bridgehead atoms. The number of terminal acetylenes is 1. The molecule has 142 valence electrons. The topological polar surface area (TPSA) is 91.5 Å². The summed E-state index contributed by atoms with van der Waals surface area (Å²) in [7, 11) is 0. The van der Waals surface area contributed by atoms with Gasteiger partial charge in [-0.3, -0.25) is 4.79 Å². The van der Waals surface area contributed by atoms with Gasteiger partial charge in [-0.25, -0.2) is 9.97 Å². The number of pyridine rings is 1. The zero-order valence-electron chi connectivity index (χ0n) is 15.5. The van der Waals surface area contributed by atoms with Crippen molar-refractivity contribution in [1.82, 2.24) is 29.9 Å². The van der Waals surface area contributed by atoms with E-state index in [0.717, 1.165) is 43.5 Å². The lowest BCUT2D eigenvalue weighted by Crippen LogP contribution is -2.47. The molecule has 28 heavy (non-hydrogen) atoms. The van der Waals surface area contributed by atoms with E-state index in [9.17, 15) is 4.79 Å². The summed E-state index contributed by atoms with van der Waals surface area (Å²) in [4.78, 5) is 29.4. The molecular weight excluding hydrogens is 356 g/mol. The molecule has 9 heteroatoms. The predicted molar refractivity (Wildman–Crippen MR) is 105 cm³/mol. The molecule has 0 saturated carbocycles. The van der Waals surface area contributed by atoms with Crippen LogP contribution in [0.1, 0.15) is 16.1 Å². The molecule has 3 aromatic rings. The van der Waals surface area contributed by atoms with Crippen LogP contribution in [0.3, 0.4) is 0 Å². The standard InChI is InChI=1S/C19H20N8O/c1-3-6-20-18(28)15-4-5-16(21-12-15)25-7-9-26(10-8-25)17-11-14(2)24-19-22-13-23-27(17)19/h1,4-5,11-13H,6-10H2,2H3,(H,20,28). The molecule has 1 amide bonds. The lowest BCUT2D eigenvalue weighted by atomic mass is 10.2. The molecule has 0 atom stereocenters. The summed E-state index contributed by atoms with van der Waals surface area (Å²) in [6, 6.07) is 5.66. The van der Waals surface area contributed by atoms with E-state index in [-0.39, 0.29) is 12.5 Å². The maximum atomic E-state index is 11.9. The molecule has 0 spiro atoms. The summed E-state index contributed by atoms with van der Waals surface area (Å²) >= 11 is 0. The van der Waals surface area contributed by atoms with Gasteiger partial charge in [0.15, 0.2) is 0 Å². The number of nitrogens with zero attached hydrogens (tertiary/aromatic N) is 7. The monoisotopic (exact) mass is 376 g/mol. The molecule has 1 aliphatic heterocycles. The number of carbonyl (C=O) groups excluding carboxylic acids is 1. The third kappa shape index (κ3) is 3.44. The fourth-order valence-electron chi connectivity index (χ4n) is 3.24. The SMILES string of the molecule is C#CCNC(=O)c1ccc(N2CCN(c3cc(C)nc4ncnn34)CC2)nc1. The minimum atomic E-state index is -0.216. The Morgan fingerprint density at radius 1 is 1.21 bits per heavy atom. The maximum absolute atomic E-state index is 11.9. The average molecular weight is 376 g/mol. The first kappa shape index (κ1) is 17.7. The Balaban J connectivity index is 1.43. The molecule has 3 aromatic heterocycles. The number of hydrogen-bond acceptors (Lipinski definition) is 7. The molecule has 0 radical (unpaired) electrons. The Morgan fingerprint density at radius 2 is 2.00 bits per heavy atom. The van der Waals surface area contributed by atoms with Gasteiger partial charge in [0.1, 0.15) is 18.0 Å². The fourth-order valence-corrected chi connectivity index (χ4v) is 3.24. The van der Waals surface area contributed by atoms with E-state index < -0.39 is 0 Å². The molecule has 1 saturated heterocycles. The number of piperazine rings is 1. The van der Waals surface area contributed by atoms with Crippen LogP contribution in [0.15, 0.2) is 30.7 Å². The second-order valence-corrected chi connectivity index (χ2v) is 6.49. The van der Waals surface area contributed by atoms with E-state index in [1.165, 1.54) is 6.33 Å². The van der Waals surface area contributed by atoms with E-state index in [1.807, 2.05) is 19.1 Å². The van der Waals surface area contributed by atoms with Crippen LogP contribution in [0.25, 0.3) is 5.78 Å². The minimum Gasteiger partial charge on any atom is -0.353 e. The van der Waals surface area contributed by atoms with Crippen molar-refractivity contribution in [1.29, 1.82) is 0 Å². The number of hydrogen-bond donors (Lipinski definition) is 1. The van der Waals surface area contributed by atoms with Gasteiger partial charge in [-0.05, 0) is 19.1 Å². The van der Waals surface area contributed by atoms with E-state index in [2.05, 4.69) is 41.1 Å². The van der Waals surface area contributed by atoms with Crippen molar-refractivity contribution in [2.75, 3.05) is 42.5 Å². The fraction of sp³-hybridized carbons (Fsp3) is 0.316. The normalized spacial score (nSPS) is 14.1. The van der Waals surface area contributed by atoms with Crippen LogP contribution in [0.4, 0.5) is 11.6 Å². The molecule has 1 fully saturated rings. The highest BCUT2D eigenvalue weighted by Crippen LogP contribution is 2.20. The van der Waals surface area contributed by atoms with Gasteiger partial charge in [0.05, 0.1) is 12.1 Å². The van der Waals surface area contributed by atoms with Gasteiger partial charge in [-0.2, -0.15) is 14.6 Å². The molecule has 1 aliphatic rings. The van der Waals surface area contributed by atoms with Crippen molar-refractivity contribution in [3.05, 3.63) is 42.0 Å². The second kappa shape index (κ2) is 7.52. The zero-order chi connectivity index (χ0) is 19.5. The number of fused-ring (bicyclic) bond motifs is 1. The summed E-state index contributed by atoms with van der Waals surface area (Å²) in [5.74, 6) is 4.62. The summed E-state index contributed by atoms with van der Waals surface area (Å²) in [5.41, 5.74) is 1.41. The van der Waals surface area contributed by atoms with E-state index in [0.29, 0.717) is 11.3 Å². The predicted octanol–water partition coefficient (Wildman–Crippen LogP) is 0.517. The van der Waals surface area contributed by atoms with Crippen molar-refractivity contribution in [3.63, 3.8) is 0 Å². The first-order valence-electron chi connectivity index (χ1n) is 9.00. The molecule has 0 aliphatic carbocycles. The first-order valence-corrected chi connectivity index (χ1v) is 9.00. The second-order valence-electron chi connectivity index (χ2n) is 6.49. The molecule has 0 aromatic carbocycles. The van der Waals surface area contributed by atoms with E-state index in [1.54, 1.807) is 16.8 Å². The number of carbonyl (C=O) groups is 1. The number of rotatable bonds is 4. The van der Waals surface area contributed by atoms with Crippen LogP contribution in [0, 0.1) is 19.3 Å². The number of aromatic nitrogens is 5. The highest BCUT2D eigenvalue weighted by Gasteiger charge is 2.21. The maximum Gasteiger partial charge on any atom is 0.254 e. The van der Waals surface area contributed by atoms with Gasteiger partial charge in [0.25, 0.3) is 11.7 Å². The van der Waals surface area contributed by atoms with Gasteiger partial charge in [0, 0.05) is 44.1 Å². The van der Waals surface area contributed by atoms with Crippen molar-refractivity contribution in [3.8, 4) is 12.3 Å². The van der Waals surface area contributed by atoms with Gasteiger partial charge < -0.3 is 15.1 Å². The van der Waals surface area contributed by atoms with Crippen LogP contribution in [-0.2, 0) is 0 Å². The Hall–Kier alpha value is -3.67. The molecule has 4 rings (SSSR count). The summed E-state index contributed by atoms with van der Waals surface area (Å²) in [5, 5.41) is 6.92. The number of nitrogens with one attached hydrogen (secondary N) is 1. The number of anilines is 2. The molecule has 0 unspecified atom stereocenters. The third-order valence-corrected chi connectivity index (χ3v) is 4.65. The van der Waals surface area contributed by atoms with Gasteiger partial charge in [-0.1, -0.05) is 5.92 Å². The smallest absolute Gasteiger partial charge is 0.254 e. The largest absolute Gasteiger partial charge is 0.353 e. The number of aryl methyl sites for hydroxylation is 1. The Bertz CT molecular complexity index is 1030. The lowest BCUT2D eigenvalue weighted by Gasteiger charge is -2.36. The van der Waals surface area contributed by atoms with Crippen molar-refractivity contribution in [2.24, 2.45) is 0 Å². The van der Waals surface area contributed by atoms with E-state index >= 15 is 0 Å². The molecule has 4 heterocycles. The summed E-state index contributed by atoms with van der Waals surface area (Å²) in [6.07, 6.45) is 8.26. The number of amides is 1. The minimum absolute atomic E-state index is 0.204. The summed E-state index contributed by atoms with van der Waals surface area (Å²) < 4.78 is 1.77. The molecule has 1 N–H and O–H groups in total. The molecule has 9 nitrogen and oxygen atoms in total. The van der Waals surface area contributed by atoms with Crippen LogP contribution in [-0.4, -0.2) is 63.2 Å². The third-order valence-electron chi connectivity index (χ3n) is 4.65. The van der Waals surface area contributed by atoms with E-state index in [4.69, 9.17) is 6.42 Å². The van der Waals surface area contributed by atoms with Crippen molar-refractivity contribution < 1.29 is 4.79 Å². The van der Waals surface area contributed by atoms with Gasteiger partial charge in [-0.15, -0.1) is 6.42 Å². The Morgan fingerprint density at radius 3 is 2.71 bits per heavy atom. The average Bonchev–Trinajstić information content (AvgIpc) is 3.20. The van der Waals surface area contributed by atoms with Crippen LogP contribution in [0.5, 0.6) is 0 Å². The highest BCUT2D eigenvalue weighted by atomic mass is 16.1. The van der Waals surface area contributed by atoms with Gasteiger partial charge >= 0.3 is 0 Å². The quantitative estimate of drug-likeness (QED) is 0.664. The Kier molecular flexibility index (Phi) is 4.76. The van der Waals surface area contributed by atoms with Gasteiger partial charge in [0.2, 0.25) is 0 Å². The van der Waals surface area contributed by atoms with Crippen LogP contribution >= 0.6 is 0 Å². The van der Waals surface area contributed by atoms with Crippen molar-refractivity contribution >= 4 is 23.3 Å². The first-order chi connectivity index (χ1) is 13.7. The highest BCUT2D eigenvalue weighted by molar-refractivity contribution is 5.94. The summed E-state index contributed by atoms with van der Waals surface area (Å²) in [6.45, 7) is 5.44. The van der Waals surface area contributed by atoms with Crippen LogP contribution < -0.4 is 15.1 Å². The Labute approximate surface area is 162 Å². The van der Waals surface area contributed by atoms with Crippen LogP contribution in [0.2, 0.25) is 0 Å².